The Labute approximate surface area is 190 Å². The number of hydrogen-bond donors (Lipinski definition) is 2. The SMILES string of the molecule is CC.CC(NC(=O)C1CCCN1C(=O)C(N)C(C)C)c1ccc(-c2ccncc2F)cc1. The van der Waals surface area contributed by atoms with Gasteiger partial charge >= 0.3 is 0 Å². The fourth-order valence-corrected chi connectivity index (χ4v) is 3.73. The molecule has 7 heteroatoms. The first-order valence-electron chi connectivity index (χ1n) is 11.4. The second-order valence-corrected chi connectivity index (χ2v) is 8.17. The number of nitrogens with one attached hydrogen (secondary N) is 1. The zero-order valence-electron chi connectivity index (χ0n) is 19.6. The third kappa shape index (κ3) is 5.91. The van der Waals surface area contributed by atoms with E-state index < -0.39 is 12.1 Å². The molecule has 1 aliphatic rings. The number of nitrogens with two attached hydrogens (primary N) is 1. The summed E-state index contributed by atoms with van der Waals surface area (Å²) in [5.41, 5.74) is 8.14. The minimum absolute atomic E-state index is 0.0180. The molecule has 0 bridgehead atoms. The maximum absolute atomic E-state index is 13.9. The summed E-state index contributed by atoms with van der Waals surface area (Å²) in [6.45, 7) is 10.2. The molecule has 1 aromatic carbocycles. The van der Waals surface area contributed by atoms with Gasteiger partial charge < -0.3 is 16.0 Å². The molecule has 1 saturated heterocycles. The number of benzene rings is 1. The molecule has 174 valence electrons. The number of halogens is 1. The van der Waals surface area contributed by atoms with Gasteiger partial charge in [-0.15, -0.1) is 0 Å². The highest BCUT2D eigenvalue weighted by molar-refractivity contribution is 5.90. The molecular formula is C25H35FN4O2. The van der Waals surface area contributed by atoms with E-state index in [0.29, 0.717) is 18.5 Å². The minimum Gasteiger partial charge on any atom is -0.348 e. The molecule has 2 aromatic rings. The van der Waals surface area contributed by atoms with Gasteiger partial charge in [-0.2, -0.15) is 0 Å². The average molecular weight is 443 g/mol. The van der Waals surface area contributed by atoms with E-state index in [4.69, 9.17) is 5.73 Å². The van der Waals surface area contributed by atoms with Crippen LogP contribution in [0.1, 0.15) is 59.1 Å². The van der Waals surface area contributed by atoms with Gasteiger partial charge in [0, 0.05) is 18.3 Å². The molecule has 2 heterocycles. The molecule has 3 rings (SSSR count). The lowest BCUT2D eigenvalue weighted by atomic mass is 10.0. The van der Waals surface area contributed by atoms with Crippen molar-refractivity contribution in [3.63, 3.8) is 0 Å². The number of nitrogens with zero attached hydrogens (tertiary/aromatic N) is 2. The van der Waals surface area contributed by atoms with E-state index in [-0.39, 0.29) is 29.6 Å². The van der Waals surface area contributed by atoms with Gasteiger partial charge in [0.15, 0.2) is 0 Å². The van der Waals surface area contributed by atoms with Crippen molar-refractivity contribution in [2.24, 2.45) is 11.7 Å². The van der Waals surface area contributed by atoms with Crippen molar-refractivity contribution >= 4 is 11.8 Å². The summed E-state index contributed by atoms with van der Waals surface area (Å²) in [6.07, 6.45) is 4.16. The van der Waals surface area contributed by atoms with Crippen molar-refractivity contribution in [3.8, 4) is 11.1 Å². The molecule has 6 nitrogen and oxygen atoms in total. The van der Waals surface area contributed by atoms with Gasteiger partial charge in [0.1, 0.15) is 11.9 Å². The molecule has 1 aliphatic heterocycles. The number of hydrogen-bond acceptors (Lipinski definition) is 4. The largest absolute Gasteiger partial charge is 0.348 e. The summed E-state index contributed by atoms with van der Waals surface area (Å²) in [7, 11) is 0. The maximum atomic E-state index is 13.9. The average Bonchev–Trinajstić information content (AvgIpc) is 3.30. The van der Waals surface area contributed by atoms with Crippen LogP contribution in [0.15, 0.2) is 42.7 Å². The molecule has 3 unspecified atom stereocenters. The van der Waals surface area contributed by atoms with Crippen LogP contribution in [0.25, 0.3) is 11.1 Å². The van der Waals surface area contributed by atoms with Gasteiger partial charge in [-0.1, -0.05) is 52.0 Å². The summed E-state index contributed by atoms with van der Waals surface area (Å²) in [5.74, 6) is -0.700. The van der Waals surface area contributed by atoms with E-state index in [1.807, 2.05) is 58.9 Å². The molecule has 2 amide bonds. The quantitative estimate of drug-likeness (QED) is 0.706. The van der Waals surface area contributed by atoms with E-state index in [0.717, 1.165) is 17.5 Å². The lowest BCUT2D eigenvalue weighted by molar-refractivity contribution is -0.140. The summed E-state index contributed by atoms with van der Waals surface area (Å²) in [6, 6.07) is 7.67. The van der Waals surface area contributed by atoms with Crippen LogP contribution < -0.4 is 11.1 Å². The van der Waals surface area contributed by atoms with Gasteiger partial charge in [0.2, 0.25) is 11.8 Å². The van der Waals surface area contributed by atoms with Crippen molar-refractivity contribution < 1.29 is 14.0 Å². The highest BCUT2D eigenvalue weighted by atomic mass is 19.1. The smallest absolute Gasteiger partial charge is 0.243 e. The Morgan fingerprint density at radius 1 is 1.16 bits per heavy atom. The van der Waals surface area contributed by atoms with E-state index in [1.54, 1.807) is 17.2 Å². The Balaban J connectivity index is 0.00000176. The summed E-state index contributed by atoms with van der Waals surface area (Å²) in [4.78, 5) is 30.9. The van der Waals surface area contributed by atoms with Crippen LogP contribution in [0, 0.1) is 11.7 Å². The molecule has 0 radical (unpaired) electrons. The number of carbonyl (C=O) groups is 2. The zero-order chi connectivity index (χ0) is 23.8. The Hall–Kier alpha value is -2.80. The van der Waals surface area contributed by atoms with Gasteiger partial charge in [-0.3, -0.25) is 14.6 Å². The van der Waals surface area contributed by atoms with Crippen LogP contribution in [0.5, 0.6) is 0 Å². The lowest BCUT2D eigenvalue weighted by Crippen LogP contribution is -2.52. The molecule has 1 fully saturated rings. The summed E-state index contributed by atoms with van der Waals surface area (Å²) < 4.78 is 13.9. The monoisotopic (exact) mass is 442 g/mol. The van der Waals surface area contributed by atoms with E-state index in [9.17, 15) is 14.0 Å². The highest BCUT2D eigenvalue weighted by Gasteiger charge is 2.37. The van der Waals surface area contributed by atoms with Crippen LogP contribution in [-0.2, 0) is 9.59 Å². The van der Waals surface area contributed by atoms with Crippen molar-refractivity contribution in [2.75, 3.05) is 6.54 Å². The Morgan fingerprint density at radius 3 is 2.41 bits per heavy atom. The fourth-order valence-electron chi connectivity index (χ4n) is 3.73. The molecule has 3 atom stereocenters. The minimum atomic E-state index is -0.600. The van der Waals surface area contributed by atoms with Crippen LogP contribution in [0.4, 0.5) is 4.39 Å². The molecule has 32 heavy (non-hydrogen) atoms. The van der Waals surface area contributed by atoms with Crippen LogP contribution in [0.3, 0.4) is 0 Å². The lowest BCUT2D eigenvalue weighted by Gasteiger charge is -2.29. The fraction of sp³-hybridized carbons (Fsp3) is 0.480. The third-order valence-corrected chi connectivity index (χ3v) is 5.69. The first-order valence-corrected chi connectivity index (χ1v) is 11.4. The number of likely N-dealkylation sites (tertiary alicyclic amines) is 1. The normalized spacial score (nSPS) is 17.4. The van der Waals surface area contributed by atoms with E-state index in [1.165, 1.54) is 6.20 Å². The highest BCUT2D eigenvalue weighted by Crippen LogP contribution is 2.25. The second kappa shape index (κ2) is 11.7. The standard InChI is InChI=1S/C23H29FN4O2.C2H6/c1-14(2)21(25)23(30)28-12-4-5-20(28)22(29)27-15(3)16-6-8-17(9-7-16)18-10-11-26-13-19(18)24;1-2/h6-11,13-15,20-21H,4-5,12,25H2,1-3H3,(H,27,29);1-2H3. The molecule has 0 saturated carbocycles. The molecule has 0 spiro atoms. The zero-order valence-corrected chi connectivity index (χ0v) is 19.6. The maximum Gasteiger partial charge on any atom is 0.243 e. The number of pyridine rings is 1. The first-order chi connectivity index (χ1) is 15.3. The van der Waals surface area contributed by atoms with Gasteiger partial charge in [0.25, 0.3) is 0 Å². The summed E-state index contributed by atoms with van der Waals surface area (Å²) in [5, 5.41) is 3.00. The van der Waals surface area contributed by atoms with Crippen molar-refractivity contribution in [3.05, 3.63) is 54.1 Å². The van der Waals surface area contributed by atoms with Crippen molar-refractivity contribution in [1.29, 1.82) is 0 Å². The number of carbonyl (C=O) groups excluding carboxylic acids is 2. The second-order valence-electron chi connectivity index (χ2n) is 8.17. The van der Waals surface area contributed by atoms with E-state index >= 15 is 0 Å². The summed E-state index contributed by atoms with van der Waals surface area (Å²) >= 11 is 0. The van der Waals surface area contributed by atoms with E-state index in [2.05, 4.69) is 10.3 Å². The third-order valence-electron chi connectivity index (χ3n) is 5.69. The van der Waals surface area contributed by atoms with Gasteiger partial charge in [0.05, 0.1) is 18.3 Å². The Morgan fingerprint density at radius 2 is 1.81 bits per heavy atom. The van der Waals surface area contributed by atoms with Crippen LogP contribution in [-0.4, -0.2) is 40.3 Å². The molecule has 3 N–H and O–H groups in total. The Kier molecular flexibility index (Phi) is 9.32. The van der Waals surface area contributed by atoms with Crippen molar-refractivity contribution in [1.82, 2.24) is 15.2 Å². The predicted molar refractivity (Wildman–Crippen MR) is 125 cm³/mol. The molecule has 1 aromatic heterocycles. The predicted octanol–water partition coefficient (Wildman–Crippen LogP) is 4.07. The van der Waals surface area contributed by atoms with Gasteiger partial charge in [-0.05, 0) is 42.9 Å². The number of aromatic nitrogens is 1. The van der Waals surface area contributed by atoms with Gasteiger partial charge in [-0.25, -0.2) is 4.39 Å². The first kappa shape index (κ1) is 25.5. The molecular weight excluding hydrogens is 407 g/mol. The number of amides is 2. The van der Waals surface area contributed by atoms with Crippen molar-refractivity contribution in [2.45, 2.75) is 65.6 Å². The van der Waals surface area contributed by atoms with Crippen LogP contribution in [0.2, 0.25) is 0 Å². The van der Waals surface area contributed by atoms with Crippen LogP contribution >= 0.6 is 0 Å². The molecule has 0 aliphatic carbocycles. The topological polar surface area (TPSA) is 88.3 Å². The number of rotatable bonds is 6. The Bertz CT molecular complexity index is 901.